The van der Waals surface area contributed by atoms with E-state index in [1.807, 2.05) is 24.5 Å². The second-order valence-electron chi connectivity index (χ2n) is 2.17. The zero-order chi connectivity index (χ0) is 12.2. The Labute approximate surface area is 126 Å². The van der Waals surface area contributed by atoms with E-state index in [1.165, 1.54) is 11.8 Å². The molecule has 0 aliphatic rings. The number of thioether (sulfide) groups is 1. The van der Waals surface area contributed by atoms with Gasteiger partial charge in [0.2, 0.25) is 0 Å². The topological polar surface area (TPSA) is 37.6 Å². The van der Waals surface area contributed by atoms with Gasteiger partial charge in [0.25, 0.3) is 0 Å². The average molecular weight is 436 g/mol. The summed E-state index contributed by atoms with van der Waals surface area (Å²) in [5.74, 6) is 0. The van der Waals surface area contributed by atoms with Gasteiger partial charge in [0.1, 0.15) is 0 Å². The Bertz CT molecular complexity index is 335. The molecule has 0 aliphatic heterocycles. The van der Waals surface area contributed by atoms with Crippen LogP contribution < -0.4 is 0 Å². The molecule has 3 nitrogen and oxygen atoms in total. The van der Waals surface area contributed by atoms with Crippen LogP contribution in [0.25, 0.3) is 0 Å². The second-order valence-corrected chi connectivity index (χ2v) is 17.7. The van der Waals surface area contributed by atoms with Crippen LogP contribution in [-0.4, -0.2) is 21.8 Å². The molecule has 84 valence electrons. The summed E-state index contributed by atoms with van der Waals surface area (Å²) in [5.41, 5.74) is 0.773. The number of pyridine rings is 1. The minimum atomic E-state index is -0.250. The zero-order valence-electron chi connectivity index (χ0n) is 8.51. The predicted molar refractivity (Wildman–Crippen MR) is 78.0 cm³/mol. The van der Waals surface area contributed by atoms with Crippen LogP contribution in [0, 0.1) is 0 Å². The van der Waals surface area contributed by atoms with E-state index in [0.717, 1.165) is 5.69 Å². The van der Waals surface area contributed by atoms with Crippen LogP contribution in [-0.2, 0) is 25.8 Å². The molecule has 1 aromatic heterocycles. The summed E-state index contributed by atoms with van der Waals surface area (Å²) in [7, 11) is 0. The molecule has 8 heteroatoms. The molecule has 0 aromatic carbocycles. The van der Waals surface area contributed by atoms with E-state index in [0.29, 0.717) is 4.38 Å². The quantitative estimate of drug-likeness (QED) is 0.235. The van der Waals surface area contributed by atoms with Crippen molar-refractivity contribution in [3.8, 4) is 0 Å². The fraction of sp³-hybridized carbons (Fsp3) is 0.125. The maximum atomic E-state index is 4.83. The first kappa shape index (κ1) is 16.6. The van der Waals surface area contributed by atoms with Gasteiger partial charge in [-0.2, -0.15) is 10.2 Å². The molecule has 1 heterocycles. The Kier molecular flexibility index (Phi) is 12.6. The molecule has 0 bridgehead atoms. The fourth-order valence-electron chi connectivity index (χ4n) is 0.628. The van der Waals surface area contributed by atoms with Crippen molar-refractivity contribution in [1.82, 2.24) is 4.98 Å². The Morgan fingerprint density at radius 1 is 1.56 bits per heavy atom. The van der Waals surface area contributed by atoms with Crippen molar-refractivity contribution >= 4 is 62.2 Å². The first-order valence-corrected chi connectivity index (χ1v) is 19.6. The van der Waals surface area contributed by atoms with Crippen molar-refractivity contribution in [3.05, 3.63) is 30.1 Å². The summed E-state index contributed by atoms with van der Waals surface area (Å²) >= 11 is 12.5. The van der Waals surface area contributed by atoms with E-state index in [9.17, 15) is 0 Å². The summed E-state index contributed by atoms with van der Waals surface area (Å²) in [4.78, 5) is 4.04. The summed E-state index contributed by atoms with van der Waals surface area (Å²) in [5, 5.41) is 7.55. The van der Waals surface area contributed by atoms with Crippen molar-refractivity contribution in [1.29, 1.82) is 0 Å². The molecule has 0 radical (unpaired) electrons. The van der Waals surface area contributed by atoms with Crippen LogP contribution in [0.15, 0.2) is 34.6 Å². The SMILES string of the molecule is CSC([S-])=NN=Cc1ccccn1.[Br][Zn][Br]. The van der Waals surface area contributed by atoms with Crippen LogP contribution in [0.2, 0.25) is 0 Å². The molecule has 0 amide bonds. The Morgan fingerprint density at radius 3 is 2.75 bits per heavy atom. The maximum absolute atomic E-state index is 4.83. The summed E-state index contributed by atoms with van der Waals surface area (Å²) < 4.78 is 0.521. The van der Waals surface area contributed by atoms with Crippen molar-refractivity contribution in [2.45, 2.75) is 0 Å². The molecule has 0 unspecified atom stereocenters. The molecule has 0 N–H and O–H groups in total. The molecule has 16 heavy (non-hydrogen) atoms. The van der Waals surface area contributed by atoms with Gasteiger partial charge >= 0.3 is 40.5 Å². The molecule has 1 aromatic rings. The van der Waals surface area contributed by atoms with Gasteiger partial charge in [-0.3, -0.25) is 4.98 Å². The Hall–Kier alpha value is 0.643. The van der Waals surface area contributed by atoms with Crippen molar-refractivity contribution < 1.29 is 13.2 Å². The summed E-state index contributed by atoms with van der Waals surface area (Å²) in [6.45, 7) is 0. The molecule has 0 saturated heterocycles. The predicted octanol–water partition coefficient (Wildman–Crippen LogP) is 3.37. The van der Waals surface area contributed by atoms with Crippen molar-refractivity contribution in [2.75, 3.05) is 6.26 Å². The van der Waals surface area contributed by atoms with Crippen LogP contribution >= 0.6 is 39.0 Å². The molecule has 0 aliphatic carbocycles. The van der Waals surface area contributed by atoms with Gasteiger partial charge in [0.05, 0.1) is 11.9 Å². The van der Waals surface area contributed by atoms with Crippen LogP contribution in [0.5, 0.6) is 0 Å². The molecule has 0 fully saturated rings. The van der Waals surface area contributed by atoms with Gasteiger partial charge in [-0.1, -0.05) is 6.07 Å². The summed E-state index contributed by atoms with van der Waals surface area (Å²) in [6.07, 6.45) is 5.14. The molecule has 0 spiro atoms. The second kappa shape index (κ2) is 12.1. The van der Waals surface area contributed by atoms with Gasteiger partial charge in [-0.05, 0) is 22.8 Å². The van der Waals surface area contributed by atoms with E-state index in [2.05, 4.69) is 42.4 Å². The first-order chi connectivity index (χ1) is 7.74. The molecule has 0 saturated carbocycles. The third-order valence-electron chi connectivity index (χ3n) is 1.19. The third kappa shape index (κ3) is 9.84. The third-order valence-corrected chi connectivity index (χ3v) is 2.20. The molecule has 1 rings (SSSR count). The van der Waals surface area contributed by atoms with E-state index in [4.69, 9.17) is 12.6 Å². The first-order valence-electron chi connectivity index (χ1n) is 4.09. The number of nitrogens with zero attached hydrogens (tertiary/aromatic N) is 3. The molecular formula is C8H8Br2N3S2Zn-. The van der Waals surface area contributed by atoms with Gasteiger partial charge < -0.3 is 12.6 Å². The number of hydrogen-bond acceptors (Lipinski definition) is 5. The van der Waals surface area contributed by atoms with E-state index < -0.39 is 0 Å². The van der Waals surface area contributed by atoms with Gasteiger partial charge in [-0.25, -0.2) is 0 Å². The summed E-state index contributed by atoms with van der Waals surface area (Å²) in [6, 6.07) is 5.59. The van der Waals surface area contributed by atoms with E-state index >= 15 is 0 Å². The van der Waals surface area contributed by atoms with Gasteiger partial charge in [-0.15, -0.1) is 11.8 Å². The van der Waals surface area contributed by atoms with E-state index in [-0.39, 0.29) is 13.2 Å². The number of aromatic nitrogens is 1. The fourth-order valence-corrected chi connectivity index (χ4v) is 0.804. The minimum absolute atomic E-state index is 0.250. The average Bonchev–Trinajstić information content (AvgIpc) is 2.31. The molecular weight excluding hydrogens is 427 g/mol. The molecule has 0 atom stereocenters. The van der Waals surface area contributed by atoms with Crippen LogP contribution in [0.1, 0.15) is 5.69 Å². The zero-order valence-corrected chi connectivity index (χ0v) is 16.3. The van der Waals surface area contributed by atoms with Crippen molar-refractivity contribution in [2.24, 2.45) is 10.2 Å². The van der Waals surface area contributed by atoms with Crippen molar-refractivity contribution in [3.63, 3.8) is 0 Å². The van der Waals surface area contributed by atoms with Gasteiger partial charge in [0, 0.05) is 6.20 Å². The Balaban J connectivity index is 0.000000673. The standard InChI is InChI=1S/C8H9N3S2.2BrH.Zn/c1-13-8(12)11-10-6-7-4-2-3-5-9-7;;;/h2-6H,1H3,(H,11,12);2*1H;/q;;;+2/p-3. The van der Waals surface area contributed by atoms with Crippen LogP contribution in [0.4, 0.5) is 0 Å². The van der Waals surface area contributed by atoms with Gasteiger partial charge in [0.15, 0.2) is 0 Å². The Morgan fingerprint density at radius 2 is 2.25 bits per heavy atom. The van der Waals surface area contributed by atoms with E-state index in [1.54, 1.807) is 12.4 Å². The monoisotopic (exact) mass is 432 g/mol. The number of rotatable bonds is 2. The number of hydrogen-bond donors (Lipinski definition) is 0. The number of halogens is 2. The van der Waals surface area contributed by atoms with Crippen LogP contribution in [0.3, 0.4) is 0 Å². The normalized spacial score (nSPS) is 10.6.